The SMILES string of the molecule is CCCCN1CN(C)c2occc21. The second-order valence-corrected chi connectivity index (χ2v) is 3.57. The molecular weight excluding hydrogens is 164 g/mol. The van der Waals surface area contributed by atoms with Crippen LogP contribution in [0.1, 0.15) is 19.8 Å². The molecule has 3 heteroatoms. The summed E-state index contributed by atoms with van der Waals surface area (Å²) in [5.74, 6) is 1.01. The Hall–Kier alpha value is -1.12. The number of nitrogens with zero attached hydrogens (tertiary/aromatic N) is 2. The molecule has 1 aromatic heterocycles. The predicted molar refractivity (Wildman–Crippen MR) is 54.2 cm³/mol. The molecule has 0 radical (unpaired) electrons. The van der Waals surface area contributed by atoms with Crippen LogP contribution in [0.15, 0.2) is 16.7 Å². The van der Waals surface area contributed by atoms with Crippen molar-refractivity contribution in [2.75, 3.05) is 30.1 Å². The number of furan rings is 1. The lowest BCUT2D eigenvalue weighted by Gasteiger charge is -2.17. The zero-order valence-electron chi connectivity index (χ0n) is 8.29. The van der Waals surface area contributed by atoms with Crippen molar-refractivity contribution in [2.24, 2.45) is 0 Å². The van der Waals surface area contributed by atoms with Crippen LogP contribution in [0.2, 0.25) is 0 Å². The molecule has 0 spiro atoms. The number of hydrogen-bond acceptors (Lipinski definition) is 3. The van der Waals surface area contributed by atoms with Gasteiger partial charge in [-0.25, -0.2) is 0 Å². The van der Waals surface area contributed by atoms with Gasteiger partial charge in [0.15, 0.2) is 0 Å². The number of rotatable bonds is 3. The Morgan fingerprint density at radius 2 is 2.38 bits per heavy atom. The van der Waals surface area contributed by atoms with Gasteiger partial charge >= 0.3 is 0 Å². The van der Waals surface area contributed by atoms with Crippen LogP contribution in [0.5, 0.6) is 0 Å². The highest BCUT2D eigenvalue weighted by Crippen LogP contribution is 2.35. The Kier molecular flexibility index (Phi) is 2.17. The summed E-state index contributed by atoms with van der Waals surface area (Å²) in [6.07, 6.45) is 4.26. The van der Waals surface area contributed by atoms with E-state index in [-0.39, 0.29) is 0 Å². The van der Waals surface area contributed by atoms with Gasteiger partial charge in [0.05, 0.1) is 12.9 Å². The molecule has 0 bridgehead atoms. The lowest BCUT2D eigenvalue weighted by atomic mass is 10.3. The Balaban J connectivity index is 2.09. The van der Waals surface area contributed by atoms with Gasteiger partial charge in [0.1, 0.15) is 5.69 Å². The predicted octanol–water partition coefficient (Wildman–Crippen LogP) is 2.29. The van der Waals surface area contributed by atoms with Crippen molar-refractivity contribution in [2.45, 2.75) is 19.8 Å². The fraction of sp³-hybridized carbons (Fsp3) is 0.600. The summed E-state index contributed by atoms with van der Waals surface area (Å²) >= 11 is 0. The molecule has 0 amide bonds. The molecule has 0 aliphatic carbocycles. The first-order valence-electron chi connectivity index (χ1n) is 4.86. The van der Waals surface area contributed by atoms with Crippen LogP contribution in [0, 0.1) is 0 Å². The van der Waals surface area contributed by atoms with Crippen molar-refractivity contribution < 1.29 is 4.42 Å². The summed E-state index contributed by atoms with van der Waals surface area (Å²) in [4.78, 5) is 4.51. The molecule has 3 nitrogen and oxygen atoms in total. The second kappa shape index (κ2) is 3.32. The highest BCUT2D eigenvalue weighted by molar-refractivity contribution is 5.70. The molecule has 72 valence electrons. The maximum absolute atomic E-state index is 5.38. The monoisotopic (exact) mass is 180 g/mol. The Labute approximate surface area is 78.9 Å². The van der Waals surface area contributed by atoms with Gasteiger partial charge in [0.25, 0.3) is 0 Å². The maximum Gasteiger partial charge on any atom is 0.220 e. The minimum Gasteiger partial charge on any atom is -0.447 e. The van der Waals surface area contributed by atoms with Crippen molar-refractivity contribution in [3.05, 3.63) is 12.3 Å². The lowest BCUT2D eigenvalue weighted by Crippen LogP contribution is -2.29. The van der Waals surface area contributed by atoms with Gasteiger partial charge in [-0.05, 0) is 6.42 Å². The van der Waals surface area contributed by atoms with Gasteiger partial charge in [-0.2, -0.15) is 0 Å². The fourth-order valence-corrected chi connectivity index (χ4v) is 1.76. The van der Waals surface area contributed by atoms with Gasteiger partial charge in [0.2, 0.25) is 5.88 Å². The summed E-state index contributed by atoms with van der Waals surface area (Å²) in [6, 6.07) is 2.05. The largest absolute Gasteiger partial charge is 0.447 e. The summed E-state index contributed by atoms with van der Waals surface area (Å²) < 4.78 is 5.38. The average Bonchev–Trinajstić information content (AvgIpc) is 2.67. The highest BCUT2D eigenvalue weighted by atomic mass is 16.3. The Bertz CT molecular complexity index is 282. The van der Waals surface area contributed by atoms with E-state index in [1.165, 1.54) is 18.5 Å². The quantitative estimate of drug-likeness (QED) is 0.711. The minimum absolute atomic E-state index is 0.967. The van der Waals surface area contributed by atoms with Gasteiger partial charge in [0, 0.05) is 19.7 Å². The highest BCUT2D eigenvalue weighted by Gasteiger charge is 2.25. The van der Waals surface area contributed by atoms with E-state index in [0.29, 0.717) is 0 Å². The molecule has 0 fully saturated rings. The first-order valence-corrected chi connectivity index (χ1v) is 4.86. The maximum atomic E-state index is 5.38. The molecule has 0 unspecified atom stereocenters. The van der Waals surface area contributed by atoms with Crippen LogP contribution in [0.3, 0.4) is 0 Å². The smallest absolute Gasteiger partial charge is 0.220 e. The molecule has 2 rings (SSSR count). The molecule has 1 aliphatic heterocycles. The zero-order valence-corrected chi connectivity index (χ0v) is 8.29. The third-order valence-electron chi connectivity index (χ3n) is 2.48. The third kappa shape index (κ3) is 1.39. The van der Waals surface area contributed by atoms with Gasteiger partial charge in [-0.15, -0.1) is 0 Å². The average molecular weight is 180 g/mol. The number of hydrogen-bond donors (Lipinski definition) is 0. The number of unbranched alkanes of at least 4 members (excludes halogenated alkanes) is 1. The molecule has 0 atom stereocenters. The fourth-order valence-electron chi connectivity index (χ4n) is 1.76. The molecule has 0 saturated carbocycles. The number of anilines is 2. The van der Waals surface area contributed by atoms with Gasteiger partial charge in [-0.1, -0.05) is 13.3 Å². The van der Waals surface area contributed by atoms with E-state index in [0.717, 1.165) is 19.1 Å². The first-order chi connectivity index (χ1) is 6.33. The lowest BCUT2D eigenvalue weighted by molar-refractivity contribution is 0.564. The molecule has 0 N–H and O–H groups in total. The van der Waals surface area contributed by atoms with Gasteiger partial charge in [-0.3, -0.25) is 0 Å². The first kappa shape index (κ1) is 8.48. The van der Waals surface area contributed by atoms with Crippen LogP contribution < -0.4 is 9.80 Å². The third-order valence-corrected chi connectivity index (χ3v) is 2.48. The molecule has 2 heterocycles. The van der Waals surface area contributed by atoms with Crippen molar-refractivity contribution in [1.82, 2.24) is 0 Å². The molecule has 0 aromatic carbocycles. The van der Waals surface area contributed by atoms with Crippen LogP contribution in [-0.2, 0) is 0 Å². The van der Waals surface area contributed by atoms with E-state index in [1.54, 1.807) is 6.26 Å². The van der Waals surface area contributed by atoms with E-state index in [1.807, 2.05) is 0 Å². The van der Waals surface area contributed by atoms with Crippen molar-refractivity contribution in [3.63, 3.8) is 0 Å². The van der Waals surface area contributed by atoms with Crippen molar-refractivity contribution in [1.29, 1.82) is 0 Å². The summed E-state index contributed by atoms with van der Waals surface area (Å²) in [5, 5.41) is 0. The standard InChI is InChI=1S/C10H16N2O/c1-3-4-6-12-8-11(2)10-9(12)5-7-13-10/h5,7H,3-4,6,8H2,1-2H3. The van der Waals surface area contributed by atoms with Crippen LogP contribution in [-0.4, -0.2) is 20.3 Å². The van der Waals surface area contributed by atoms with E-state index in [9.17, 15) is 0 Å². The Morgan fingerprint density at radius 1 is 1.54 bits per heavy atom. The van der Waals surface area contributed by atoms with E-state index in [4.69, 9.17) is 4.42 Å². The van der Waals surface area contributed by atoms with Crippen LogP contribution >= 0.6 is 0 Å². The molecule has 0 saturated heterocycles. The molecular formula is C10H16N2O. The van der Waals surface area contributed by atoms with Crippen LogP contribution in [0.25, 0.3) is 0 Å². The van der Waals surface area contributed by atoms with Crippen molar-refractivity contribution in [3.8, 4) is 0 Å². The summed E-state index contributed by atoms with van der Waals surface area (Å²) in [5.41, 5.74) is 1.25. The summed E-state index contributed by atoms with van der Waals surface area (Å²) in [7, 11) is 2.06. The molecule has 1 aliphatic rings. The molecule has 1 aromatic rings. The van der Waals surface area contributed by atoms with Gasteiger partial charge < -0.3 is 14.2 Å². The summed E-state index contributed by atoms with van der Waals surface area (Å²) in [6.45, 7) is 4.32. The zero-order chi connectivity index (χ0) is 9.26. The normalized spacial score (nSPS) is 15.2. The molecule has 13 heavy (non-hydrogen) atoms. The second-order valence-electron chi connectivity index (χ2n) is 3.57. The Morgan fingerprint density at radius 3 is 3.15 bits per heavy atom. The number of fused-ring (bicyclic) bond motifs is 1. The van der Waals surface area contributed by atoms with Crippen molar-refractivity contribution >= 4 is 11.6 Å². The van der Waals surface area contributed by atoms with E-state index < -0.39 is 0 Å². The topological polar surface area (TPSA) is 19.6 Å². The van der Waals surface area contributed by atoms with E-state index in [2.05, 4.69) is 29.8 Å². The minimum atomic E-state index is 0.967. The van der Waals surface area contributed by atoms with E-state index >= 15 is 0 Å². The van der Waals surface area contributed by atoms with Crippen LogP contribution in [0.4, 0.5) is 11.6 Å².